The van der Waals surface area contributed by atoms with Crippen LogP contribution >= 0.6 is 24.0 Å². The largest absolute Gasteiger partial charge is 0.355 e. The van der Waals surface area contributed by atoms with Crippen LogP contribution in [0.3, 0.4) is 0 Å². The van der Waals surface area contributed by atoms with Crippen molar-refractivity contribution < 1.29 is 0 Å². The van der Waals surface area contributed by atoms with Crippen molar-refractivity contribution in [1.82, 2.24) is 15.5 Å². The molecule has 0 spiro atoms. The Morgan fingerprint density at radius 1 is 1.32 bits per heavy atom. The quantitative estimate of drug-likeness (QED) is 0.261. The molecule has 4 nitrogen and oxygen atoms in total. The summed E-state index contributed by atoms with van der Waals surface area (Å²) in [5.74, 6) is 2.23. The summed E-state index contributed by atoms with van der Waals surface area (Å²) in [4.78, 5) is 6.71. The highest BCUT2D eigenvalue weighted by molar-refractivity contribution is 14.0. The van der Waals surface area contributed by atoms with Crippen LogP contribution in [0.2, 0.25) is 0 Å². The maximum absolute atomic E-state index is 4.32. The van der Waals surface area contributed by atoms with Crippen LogP contribution in [-0.4, -0.2) is 49.6 Å². The van der Waals surface area contributed by atoms with Gasteiger partial charge in [0.1, 0.15) is 0 Å². The van der Waals surface area contributed by atoms with Crippen molar-refractivity contribution in [3.8, 4) is 0 Å². The Balaban J connectivity index is 0.00000441. The molecule has 3 atom stereocenters. The highest BCUT2D eigenvalue weighted by Crippen LogP contribution is 2.28. The van der Waals surface area contributed by atoms with E-state index in [-0.39, 0.29) is 24.0 Å². The number of guanidine groups is 1. The number of rotatable bonds is 9. The lowest BCUT2D eigenvalue weighted by Crippen LogP contribution is -2.50. The molecule has 0 radical (unpaired) electrons. The zero-order valence-corrected chi connectivity index (χ0v) is 16.8. The molecule has 0 amide bonds. The first-order valence-electron chi connectivity index (χ1n) is 7.96. The highest BCUT2D eigenvalue weighted by atomic mass is 127. The smallest absolute Gasteiger partial charge is 0.191 e. The number of halogens is 1. The van der Waals surface area contributed by atoms with E-state index in [0.29, 0.717) is 18.0 Å². The van der Waals surface area contributed by atoms with E-state index < -0.39 is 0 Å². The monoisotopic (exact) mass is 420 g/mol. The molecule has 2 N–H and O–H groups in total. The summed E-state index contributed by atoms with van der Waals surface area (Å²) in [6, 6.07) is 1.02. The fourth-order valence-electron chi connectivity index (χ4n) is 2.56. The number of aliphatic imine (C=N–C) groups is 1. The molecule has 0 aromatic heterocycles. The summed E-state index contributed by atoms with van der Waals surface area (Å²) in [6.07, 6.45) is 5.16. The van der Waals surface area contributed by atoms with Crippen LogP contribution in [0.1, 0.15) is 27.2 Å². The minimum atomic E-state index is 0. The molecule has 1 fully saturated rings. The Morgan fingerprint density at radius 2 is 1.86 bits per heavy atom. The average Bonchev–Trinajstić information content (AvgIpc) is 3.13. The van der Waals surface area contributed by atoms with Gasteiger partial charge in [-0.3, -0.25) is 9.89 Å². The van der Waals surface area contributed by atoms with Crippen molar-refractivity contribution in [3.05, 3.63) is 25.3 Å². The van der Waals surface area contributed by atoms with Crippen LogP contribution in [-0.2, 0) is 0 Å². The van der Waals surface area contributed by atoms with Gasteiger partial charge in [-0.2, -0.15) is 0 Å². The lowest BCUT2D eigenvalue weighted by molar-refractivity contribution is 0.190. The molecular weight excluding hydrogens is 387 g/mol. The fraction of sp³-hybridized carbons (Fsp3) is 0.706. The SMILES string of the molecule is C=CCN(CC=C)C(CNC(=NC)NC1CC1C)C(C)C.I. The summed E-state index contributed by atoms with van der Waals surface area (Å²) in [5.41, 5.74) is 0. The molecule has 22 heavy (non-hydrogen) atoms. The van der Waals surface area contributed by atoms with Gasteiger partial charge in [-0.1, -0.05) is 32.9 Å². The van der Waals surface area contributed by atoms with Gasteiger partial charge in [-0.05, 0) is 18.3 Å². The highest BCUT2D eigenvalue weighted by Gasteiger charge is 2.33. The normalized spacial score (nSPS) is 22.0. The Hall–Kier alpha value is -0.560. The molecular formula is C17H33IN4. The van der Waals surface area contributed by atoms with Crippen molar-refractivity contribution in [1.29, 1.82) is 0 Å². The minimum absolute atomic E-state index is 0. The Kier molecular flexibility index (Phi) is 10.8. The van der Waals surface area contributed by atoms with Crippen LogP contribution in [0.4, 0.5) is 0 Å². The van der Waals surface area contributed by atoms with Crippen LogP contribution in [0.5, 0.6) is 0 Å². The third-order valence-electron chi connectivity index (χ3n) is 4.10. The second kappa shape index (κ2) is 11.0. The van der Waals surface area contributed by atoms with E-state index in [9.17, 15) is 0 Å². The van der Waals surface area contributed by atoms with E-state index in [4.69, 9.17) is 0 Å². The van der Waals surface area contributed by atoms with Crippen LogP contribution in [0.25, 0.3) is 0 Å². The first kappa shape index (κ1) is 21.4. The molecule has 0 saturated heterocycles. The molecule has 0 aliphatic heterocycles. The lowest BCUT2D eigenvalue weighted by atomic mass is 10.0. The maximum atomic E-state index is 4.32. The van der Waals surface area contributed by atoms with Crippen molar-refractivity contribution >= 4 is 29.9 Å². The van der Waals surface area contributed by atoms with Gasteiger partial charge < -0.3 is 10.6 Å². The molecule has 0 heterocycles. The summed E-state index contributed by atoms with van der Waals surface area (Å²) in [6.45, 7) is 17.1. The van der Waals surface area contributed by atoms with Crippen LogP contribution in [0, 0.1) is 11.8 Å². The number of nitrogens with zero attached hydrogens (tertiary/aromatic N) is 2. The molecule has 3 unspecified atom stereocenters. The first-order chi connectivity index (χ1) is 10.0. The zero-order chi connectivity index (χ0) is 15.8. The topological polar surface area (TPSA) is 39.7 Å². The Labute approximate surface area is 153 Å². The molecule has 1 rings (SSSR count). The summed E-state index contributed by atoms with van der Waals surface area (Å²) < 4.78 is 0. The molecule has 128 valence electrons. The maximum Gasteiger partial charge on any atom is 0.191 e. The third kappa shape index (κ3) is 7.13. The van der Waals surface area contributed by atoms with E-state index in [1.54, 1.807) is 0 Å². The molecule has 1 aliphatic rings. The van der Waals surface area contributed by atoms with Crippen LogP contribution < -0.4 is 10.6 Å². The Morgan fingerprint density at radius 3 is 2.23 bits per heavy atom. The van der Waals surface area contributed by atoms with E-state index in [1.165, 1.54) is 6.42 Å². The predicted octanol–water partition coefficient (Wildman–Crippen LogP) is 2.88. The van der Waals surface area contributed by atoms with E-state index in [1.807, 2.05) is 19.2 Å². The van der Waals surface area contributed by atoms with Crippen molar-refractivity contribution in [3.63, 3.8) is 0 Å². The number of nitrogens with one attached hydrogen (secondary N) is 2. The second-order valence-corrected chi connectivity index (χ2v) is 6.26. The van der Waals surface area contributed by atoms with Crippen molar-refractivity contribution in [2.45, 2.75) is 39.3 Å². The summed E-state index contributed by atoms with van der Waals surface area (Å²) in [5, 5.41) is 6.94. The molecule has 0 aromatic rings. The number of hydrogen-bond donors (Lipinski definition) is 2. The molecule has 0 bridgehead atoms. The standard InChI is InChI=1S/C17H32N4.HI/c1-7-9-21(10-8-2)16(13(3)4)12-19-17(18-6)20-15-11-14(15)5;/h7-8,13-16H,1-2,9-12H2,3-6H3,(H2,18,19,20);1H. The van der Waals surface area contributed by atoms with Gasteiger partial charge in [0.15, 0.2) is 5.96 Å². The zero-order valence-electron chi connectivity index (χ0n) is 14.5. The first-order valence-corrected chi connectivity index (χ1v) is 7.96. The molecule has 5 heteroatoms. The van der Waals surface area contributed by atoms with E-state index in [2.05, 4.69) is 54.5 Å². The molecule has 1 saturated carbocycles. The van der Waals surface area contributed by atoms with Gasteiger partial charge in [0.05, 0.1) is 0 Å². The van der Waals surface area contributed by atoms with E-state index in [0.717, 1.165) is 31.5 Å². The molecule has 1 aliphatic carbocycles. The second-order valence-electron chi connectivity index (χ2n) is 6.26. The van der Waals surface area contributed by atoms with Crippen molar-refractivity contribution in [2.75, 3.05) is 26.7 Å². The predicted molar refractivity (Wildman–Crippen MR) is 108 cm³/mol. The third-order valence-corrected chi connectivity index (χ3v) is 4.10. The lowest BCUT2D eigenvalue weighted by Gasteiger charge is -2.33. The van der Waals surface area contributed by atoms with Crippen LogP contribution in [0.15, 0.2) is 30.3 Å². The summed E-state index contributed by atoms with van der Waals surface area (Å²) >= 11 is 0. The average molecular weight is 420 g/mol. The number of hydrogen-bond acceptors (Lipinski definition) is 2. The van der Waals surface area contributed by atoms with Crippen molar-refractivity contribution in [2.24, 2.45) is 16.8 Å². The van der Waals surface area contributed by atoms with Gasteiger partial charge in [-0.15, -0.1) is 37.1 Å². The van der Waals surface area contributed by atoms with Gasteiger partial charge >= 0.3 is 0 Å². The Bertz CT molecular complexity index is 358. The fourth-order valence-corrected chi connectivity index (χ4v) is 2.56. The molecule has 0 aromatic carbocycles. The van der Waals surface area contributed by atoms with Gasteiger partial charge in [-0.25, -0.2) is 0 Å². The van der Waals surface area contributed by atoms with Gasteiger partial charge in [0.2, 0.25) is 0 Å². The van der Waals surface area contributed by atoms with E-state index >= 15 is 0 Å². The minimum Gasteiger partial charge on any atom is -0.355 e. The van der Waals surface area contributed by atoms with Gasteiger partial charge in [0, 0.05) is 38.8 Å². The van der Waals surface area contributed by atoms with Gasteiger partial charge in [0.25, 0.3) is 0 Å². The summed E-state index contributed by atoms with van der Waals surface area (Å²) in [7, 11) is 1.83.